The number of hydrogen-bond donors (Lipinski definition) is 2. The van der Waals surface area contributed by atoms with Gasteiger partial charge in [-0.3, -0.25) is 0 Å². The number of hydrogen-bond acceptors (Lipinski definition) is 5. The molecule has 0 saturated heterocycles. The molecule has 1 fully saturated rings. The molecule has 0 aliphatic heterocycles. The number of nitrogens with one attached hydrogen (secondary N) is 2. The van der Waals surface area contributed by atoms with Crippen LogP contribution < -0.4 is 15.4 Å². The van der Waals surface area contributed by atoms with Gasteiger partial charge in [0.15, 0.2) is 5.96 Å². The minimum absolute atomic E-state index is 0. The molecule has 6 nitrogen and oxygen atoms in total. The van der Waals surface area contributed by atoms with Gasteiger partial charge in [0.05, 0.1) is 17.2 Å². The minimum Gasteiger partial charge on any atom is -0.474 e. The van der Waals surface area contributed by atoms with Gasteiger partial charge in [-0.25, -0.2) is 15.0 Å². The Morgan fingerprint density at radius 1 is 1.29 bits per heavy atom. The summed E-state index contributed by atoms with van der Waals surface area (Å²) in [7, 11) is 0. The van der Waals surface area contributed by atoms with E-state index in [9.17, 15) is 0 Å². The van der Waals surface area contributed by atoms with Crippen molar-refractivity contribution in [3.05, 3.63) is 40.0 Å². The van der Waals surface area contributed by atoms with E-state index in [0.29, 0.717) is 12.6 Å². The van der Waals surface area contributed by atoms with Crippen LogP contribution in [-0.2, 0) is 13.0 Å². The molecule has 2 N–H and O–H groups in total. The van der Waals surface area contributed by atoms with Crippen LogP contribution in [-0.4, -0.2) is 35.1 Å². The van der Waals surface area contributed by atoms with Crippen molar-refractivity contribution in [1.29, 1.82) is 0 Å². The second kappa shape index (κ2) is 12.2. The Morgan fingerprint density at radius 2 is 2.11 bits per heavy atom. The summed E-state index contributed by atoms with van der Waals surface area (Å²) in [5.41, 5.74) is 2.20. The number of nitrogens with zero attached hydrogens (tertiary/aromatic N) is 3. The number of pyridine rings is 1. The van der Waals surface area contributed by atoms with E-state index in [1.807, 2.05) is 25.3 Å². The van der Waals surface area contributed by atoms with E-state index in [1.54, 1.807) is 11.3 Å². The van der Waals surface area contributed by atoms with E-state index in [-0.39, 0.29) is 24.0 Å². The van der Waals surface area contributed by atoms with Gasteiger partial charge in [-0.05, 0) is 45.1 Å². The second-order valence-electron chi connectivity index (χ2n) is 6.76. The number of halogens is 1. The monoisotopic (exact) mass is 515 g/mol. The summed E-state index contributed by atoms with van der Waals surface area (Å²) in [6.45, 7) is 6.32. The maximum atomic E-state index is 5.91. The maximum absolute atomic E-state index is 5.91. The van der Waals surface area contributed by atoms with Crippen LogP contribution in [0.2, 0.25) is 0 Å². The fourth-order valence-electron chi connectivity index (χ4n) is 3.10. The second-order valence-corrected chi connectivity index (χ2v) is 7.82. The zero-order chi connectivity index (χ0) is 18.9. The van der Waals surface area contributed by atoms with Gasteiger partial charge in [-0.2, -0.15) is 0 Å². The lowest BCUT2D eigenvalue weighted by molar-refractivity contribution is 0.201. The number of aliphatic imine (C=N–C) groups is 1. The van der Waals surface area contributed by atoms with Crippen molar-refractivity contribution < 1.29 is 4.74 Å². The van der Waals surface area contributed by atoms with Gasteiger partial charge < -0.3 is 15.4 Å². The number of rotatable bonds is 8. The molecule has 1 aliphatic rings. The molecule has 0 spiro atoms. The molecule has 0 bridgehead atoms. The normalized spacial score (nSPS) is 14.6. The molecular formula is C20H30IN5OS. The van der Waals surface area contributed by atoms with Crippen molar-refractivity contribution in [2.75, 3.05) is 13.1 Å². The molecule has 2 aromatic rings. The van der Waals surface area contributed by atoms with Crippen molar-refractivity contribution in [1.82, 2.24) is 20.6 Å². The molecule has 3 rings (SSSR count). The molecule has 2 aromatic heterocycles. The van der Waals surface area contributed by atoms with E-state index >= 15 is 0 Å². The molecule has 1 aliphatic carbocycles. The van der Waals surface area contributed by atoms with Crippen LogP contribution in [0.4, 0.5) is 0 Å². The summed E-state index contributed by atoms with van der Waals surface area (Å²) in [5.74, 6) is 1.54. The van der Waals surface area contributed by atoms with Crippen molar-refractivity contribution in [3.8, 4) is 5.88 Å². The topological polar surface area (TPSA) is 71.4 Å². The van der Waals surface area contributed by atoms with E-state index in [1.165, 1.54) is 12.8 Å². The van der Waals surface area contributed by atoms with Crippen LogP contribution in [0, 0.1) is 6.92 Å². The Labute approximate surface area is 188 Å². The first-order valence-corrected chi connectivity index (χ1v) is 10.7. The summed E-state index contributed by atoms with van der Waals surface area (Å²) in [4.78, 5) is 13.6. The first-order chi connectivity index (χ1) is 13.2. The van der Waals surface area contributed by atoms with Crippen LogP contribution in [0.1, 0.15) is 48.9 Å². The molecule has 154 valence electrons. The highest BCUT2D eigenvalue weighted by molar-refractivity contribution is 14.0. The SMILES string of the molecule is CCNC(=NCc1ccc(OC2CCCC2)nc1)NCCc1csc(C)n1.I. The molecule has 0 amide bonds. The average Bonchev–Trinajstić information content (AvgIpc) is 3.33. The Kier molecular flexibility index (Phi) is 9.97. The highest BCUT2D eigenvalue weighted by Crippen LogP contribution is 2.22. The summed E-state index contributed by atoms with van der Waals surface area (Å²) in [5, 5.41) is 9.87. The quantitative estimate of drug-likeness (QED) is 0.315. The fourth-order valence-corrected chi connectivity index (χ4v) is 3.74. The lowest BCUT2D eigenvalue weighted by atomic mass is 10.3. The van der Waals surface area contributed by atoms with Gasteiger partial charge in [-0.15, -0.1) is 35.3 Å². The van der Waals surface area contributed by atoms with Gasteiger partial charge in [0.2, 0.25) is 5.88 Å². The van der Waals surface area contributed by atoms with Crippen molar-refractivity contribution in [3.63, 3.8) is 0 Å². The molecule has 1 saturated carbocycles. The summed E-state index contributed by atoms with van der Waals surface area (Å²) in [6, 6.07) is 4.00. The lowest BCUT2D eigenvalue weighted by Crippen LogP contribution is -2.38. The fraction of sp³-hybridized carbons (Fsp3) is 0.550. The highest BCUT2D eigenvalue weighted by Gasteiger charge is 2.16. The Bertz CT molecular complexity index is 728. The standard InChI is InChI=1S/C20H29N5OS.HI/c1-3-21-20(22-11-10-17-14-27-15(2)25-17)24-13-16-8-9-19(23-12-16)26-18-6-4-5-7-18;/h8-9,12,14,18H,3-7,10-11,13H2,1-2H3,(H2,21,22,24);1H. The third kappa shape index (κ3) is 7.54. The van der Waals surface area contributed by atoms with Crippen LogP contribution in [0.3, 0.4) is 0 Å². The van der Waals surface area contributed by atoms with E-state index in [0.717, 1.165) is 60.5 Å². The molecule has 0 radical (unpaired) electrons. The molecule has 0 atom stereocenters. The van der Waals surface area contributed by atoms with Gasteiger partial charge in [0.1, 0.15) is 6.10 Å². The van der Waals surface area contributed by atoms with Gasteiger partial charge >= 0.3 is 0 Å². The lowest BCUT2D eigenvalue weighted by Gasteiger charge is -2.12. The predicted molar refractivity (Wildman–Crippen MR) is 126 cm³/mol. The molecule has 8 heteroatoms. The summed E-state index contributed by atoms with van der Waals surface area (Å²) >= 11 is 1.69. The third-order valence-corrected chi connectivity index (χ3v) is 5.31. The van der Waals surface area contributed by atoms with E-state index in [2.05, 4.69) is 37.9 Å². The highest BCUT2D eigenvalue weighted by atomic mass is 127. The van der Waals surface area contributed by atoms with E-state index in [4.69, 9.17) is 4.74 Å². The average molecular weight is 515 g/mol. The maximum Gasteiger partial charge on any atom is 0.213 e. The third-order valence-electron chi connectivity index (χ3n) is 4.49. The van der Waals surface area contributed by atoms with Gasteiger partial charge in [-0.1, -0.05) is 6.07 Å². The first-order valence-electron chi connectivity index (χ1n) is 9.77. The predicted octanol–water partition coefficient (Wildman–Crippen LogP) is 4.08. The summed E-state index contributed by atoms with van der Waals surface area (Å²) < 4.78 is 5.91. The number of aromatic nitrogens is 2. The number of guanidine groups is 1. The molecule has 28 heavy (non-hydrogen) atoms. The largest absolute Gasteiger partial charge is 0.474 e. The Hall–Kier alpha value is -1.42. The molecule has 2 heterocycles. The Morgan fingerprint density at radius 3 is 2.75 bits per heavy atom. The van der Waals surface area contributed by atoms with Gasteiger partial charge in [0.25, 0.3) is 0 Å². The summed E-state index contributed by atoms with van der Waals surface area (Å²) in [6.07, 6.45) is 7.91. The molecule has 0 unspecified atom stereocenters. The van der Waals surface area contributed by atoms with Crippen LogP contribution in [0.5, 0.6) is 5.88 Å². The smallest absolute Gasteiger partial charge is 0.213 e. The minimum atomic E-state index is 0. The van der Waals surface area contributed by atoms with Crippen molar-refractivity contribution in [2.45, 2.75) is 58.6 Å². The number of thiazole rings is 1. The van der Waals surface area contributed by atoms with Crippen LogP contribution in [0.25, 0.3) is 0 Å². The zero-order valence-electron chi connectivity index (χ0n) is 16.6. The van der Waals surface area contributed by atoms with Crippen LogP contribution in [0.15, 0.2) is 28.7 Å². The van der Waals surface area contributed by atoms with Crippen molar-refractivity contribution >= 4 is 41.3 Å². The Balaban J connectivity index is 0.00000280. The first kappa shape index (κ1) is 22.9. The molecular weight excluding hydrogens is 485 g/mol. The zero-order valence-corrected chi connectivity index (χ0v) is 19.8. The van der Waals surface area contributed by atoms with E-state index < -0.39 is 0 Å². The molecule has 0 aromatic carbocycles. The van der Waals surface area contributed by atoms with Crippen LogP contribution >= 0.6 is 35.3 Å². The van der Waals surface area contributed by atoms with Crippen molar-refractivity contribution in [2.24, 2.45) is 4.99 Å². The number of ether oxygens (including phenoxy) is 1. The van der Waals surface area contributed by atoms with Gasteiger partial charge in [0, 0.05) is 37.2 Å². The number of aryl methyl sites for hydroxylation is 1.